The highest BCUT2D eigenvalue weighted by molar-refractivity contribution is 5.85. The molecule has 0 aromatic heterocycles. The summed E-state index contributed by atoms with van der Waals surface area (Å²) in [6, 6.07) is 6.04. The minimum absolute atomic E-state index is 0. The first kappa shape index (κ1) is 18.7. The van der Waals surface area contributed by atoms with Gasteiger partial charge in [0.1, 0.15) is 5.75 Å². The lowest BCUT2D eigenvalue weighted by Gasteiger charge is -2.15. The summed E-state index contributed by atoms with van der Waals surface area (Å²) in [6.45, 7) is 7.22. The Hall–Kier alpha value is -1.26. The topological polar surface area (TPSA) is 50.4 Å². The van der Waals surface area contributed by atoms with Gasteiger partial charge in [-0.3, -0.25) is 4.79 Å². The lowest BCUT2D eigenvalue weighted by Crippen LogP contribution is -2.26. The van der Waals surface area contributed by atoms with Gasteiger partial charge in [-0.05, 0) is 39.4 Å². The molecule has 2 N–H and O–H groups in total. The Morgan fingerprint density at radius 1 is 1.35 bits per heavy atom. The van der Waals surface area contributed by atoms with E-state index >= 15 is 0 Å². The van der Waals surface area contributed by atoms with E-state index in [0.29, 0.717) is 19.5 Å². The number of benzene rings is 1. The van der Waals surface area contributed by atoms with Gasteiger partial charge < -0.3 is 15.4 Å². The fraction of sp³-hybridized carbons (Fsp3) is 0.533. The van der Waals surface area contributed by atoms with Crippen LogP contribution in [0.3, 0.4) is 0 Å². The second-order valence-corrected chi connectivity index (χ2v) is 4.91. The van der Waals surface area contributed by atoms with Crippen molar-refractivity contribution in [2.24, 2.45) is 0 Å². The highest BCUT2D eigenvalue weighted by Gasteiger charge is 2.08. The average Bonchev–Trinajstić information content (AvgIpc) is 2.34. The summed E-state index contributed by atoms with van der Waals surface area (Å²) in [4.78, 5) is 11.6. The van der Waals surface area contributed by atoms with Gasteiger partial charge in [-0.15, -0.1) is 12.4 Å². The molecule has 0 spiro atoms. The molecular formula is C15H25ClN2O2. The van der Waals surface area contributed by atoms with Crippen LogP contribution in [0.5, 0.6) is 5.75 Å². The van der Waals surface area contributed by atoms with Crippen LogP contribution in [0.25, 0.3) is 0 Å². The molecule has 1 rings (SSSR count). The number of halogens is 1. The Balaban J connectivity index is 0.00000361. The predicted octanol–water partition coefficient (Wildman–Crippen LogP) is 2.43. The van der Waals surface area contributed by atoms with Gasteiger partial charge in [0.15, 0.2) is 0 Å². The summed E-state index contributed by atoms with van der Waals surface area (Å²) in [7, 11) is 1.84. The van der Waals surface area contributed by atoms with E-state index in [1.807, 2.05) is 46.0 Å². The first-order valence-corrected chi connectivity index (χ1v) is 6.70. The predicted molar refractivity (Wildman–Crippen MR) is 84.6 cm³/mol. The van der Waals surface area contributed by atoms with Gasteiger partial charge in [-0.25, -0.2) is 0 Å². The maximum absolute atomic E-state index is 11.6. The Kier molecular flexibility index (Phi) is 9.01. The van der Waals surface area contributed by atoms with Crippen LogP contribution in [-0.4, -0.2) is 25.6 Å². The number of carbonyl (C=O) groups is 1. The van der Waals surface area contributed by atoms with Crippen molar-refractivity contribution in [2.45, 2.75) is 39.8 Å². The van der Waals surface area contributed by atoms with Gasteiger partial charge in [0, 0.05) is 25.1 Å². The van der Waals surface area contributed by atoms with Crippen molar-refractivity contribution in [3.05, 3.63) is 29.3 Å². The fourth-order valence-corrected chi connectivity index (χ4v) is 1.69. The Bertz CT molecular complexity index is 422. The highest BCUT2D eigenvalue weighted by atomic mass is 35.5. The summed E-state index contributed by atoms with van der Waals surface area (Å²) < 4.78 is 5.78. The summed E-state index contributed by atoms with van der Waals surface area (Å²) >= 11 is 0. The van der Waals surface area contributed by atoms with Crippen molar-refractivity contribution in [1.29, 1.82) is 0 Å². The number of rotatable bonds is 7. The zero-order valence-electron chi connectivity index (χ0n) is 12.7. The molecule has 0 saturated heterocycles. The Morgan fingerprint density at radius 3 is 2.65 bits per heavy atom. The number of ether oxygens (including phenoxy) is 1. The quantitative estimate of drug-likeness (QED) is 0.813. The molecular weight excluding hydrogens is 276 g/mol. The highest BCUT2D eigenvalue weighted by Crippen LogP contribution is 2.21. The lowest BCUT2D eigenvalue weighted by molar-refractivity contribution is -0.121. The van der Waals surface area contributed by atoms with Crippen molar-refractivity contribution in [1.82, 2.24) is 10.6 Å². The lowest BCUT2D eigenvalue weighted by atomic mass is 10.1. The summed E-state index contributed by atoms with van der Waals surface area (Å²) in [5.74, 6) is 0.898. The van der Waals surface area contributed by atoms with Crippen LogP contribution in [0.1, 0.15) is 31.4 Å². The largest absolute Gasteiger partial charge is 0.491 e. The minimum atomic E-state index is 0. The molecule has 4 nitrogen and oxygen atoms in total. The van der Waals surface area contributed by atoms with Crippen LogP contribution in [0.4, 0.5) is 0 Å². The van der Waals surface area contributed by atoms with E-state index in [9.17, 15) is 4.79 Å². The third kappa shape index (κ3) is 6.78. The zero-order valence-corrected chi connectivity index (χ0v) is 13.5. The second-order valence-electron chi connectivity index (χ2n) is 4.91. The van der Waals surface area contributed by atoms with E-state index in [4.69, 9.17) is 4.74 Å². The van der Waals surface area contributed by atoms with Gasteiger partial charge in [-0.1, -0.05) is 12.1 Å². The molecule has 5 heteroatoms. The molecule has 0 unspecified atom stereocenters. The molecule has 0 radical (unpaired) electrons. The molecule has 0 aliphatic carbocycles. The molecule has 0 fully saturated rings. The SMILES string of the molecule is CNCCC(=O)NCc1ccc(C)cc1OC(C)C.Cl. The molecule has 0 heterocycles. The number of aryl methyl sites for hydroxylation is 1. The van der Waals surface area contributed by atoms with Crippen molar-refractivity contribution in [3.63, 3.8) is 0 Å². The molecule has 1 aromatic carbocycles. The number of hydrogen-bond acceptors (Lipinski definition) is 3. The third-order valence-electron chi connectivity index (χ3n) is 2.66. The second kappa shape index (κ2) is 9.61. The Labute approximate surface area is 127 Å². The standard InChI is InChI=1S/C15H24N2O2.ClH/c1-11(2)19-14-9-12(3)5-6-13(14)10-17-15(18)7-8-16-4;/h5-6,9,11,16H,7-8,10H2,1-4H3,(H,17,18);1H. The third-order valence-corrected chi connectivity index (χ3v) is 2.66. The molecule has 114 valence electrons. The molecule has 1 amide bonds. The molecule has 1 aromatic rings. The van der Waals surface area contributed by atoms with Gasteiger partial charge in [0.25, 0.3) is 0 Å². The van der Waals surface area contributed by atoms with Gasteiger partial charge in [-0.2, -0.15) is 0 Å². The van der Waals surface area contributed by atoms with E-state index in [1.165, 1.54) is 0 Å². The van der Waals surface area contributed by atoms with Crippen LogP contribution in [0.2, 0.25) is 0 Å². The van der Waals surface area contributed by atoms with Gasteiger partial charge >= 0.3 is 0 Å². The molecule has 20 heavy (non-hydrogen) atoms. The van der Waals surface area contributed by atoms with Crippen LogP contribution >= 0.6 is 12.4 Å². The summed E-state index contributed by atoms with van der Waals surface area (Å²) in [5, 5.41) is 5.86. The molecule has 0 atom stereocenters. The molecule has 0 aliphatic heterocycles. The van der Waals surface area contributed by atoms with Crippen LogP contribution < -0.4 is 15.4 Å². The number of nitrogens with one attached hydrogen (secondary N) is 2. The summed E-state index contributed by atoms with van der Waals surface area (Å²) in [5.41, 5.74) is 2.16. The smallest absolute Gasteiger partial charge is 0.221 e. The van der Waals surface area contributed by atoms with Crippen LogP contribution in [0, 0.1) is 6.92 Å². The van der Waals surface area contributed by atoms with Crippen LogP contribution in [0.15, 0.2) is 18.2 Å². The maximum Gasteiger partial charge on any atom is 0.221 e. The van der Waals surface area contributed by atoms with Gasteiger partial charge in [0.05, 0.1) is 6.10 Å². The van der Waals surface area contributed by atoms with Crippen molar-refractivity contribution < 1.29 is 9.53 Å². The van der Waals surface area contributed by atoms with E-state index in [1.54, 1.807) is 0 Å². The first-order chi connectivity index (χ1) is 9.02. The molecule has 0 aliphatic rings. The van der Waals surface area contributed by atoms with E-state index in [0.717, 1.165) is 16.9 Å². The van der Waals surface area contributed by atoms with Crippen molar-refractivity contribution >= 4 is 18.3 Å². The normalized spacial score (nSPS) is 10.1. The zero-order chi connectivity index (χ0) is 14.3. The van der Waals surface area contributed by atoms with Crippen LogP contribution in [-0.2, 0) is 11.3 Å². The monoisotopic (exact) mass is 300 g/mol. The molecule has 0 saturated carbocycles. The maximum atomic E-state index is 11.6. The van der Waals surface area contributed by atoms with E-state index in [2.05, 4.69) is 10.6 Å². The fourth-order valence-electron chi connectivity index (χ4n) is 1.69. The summed E-state index contributed by atoms with van der Waals surface area (Å²) in [6.07, 6.45) is 0.614. The number of amides is 1. The van der Waals surface area contributed by atoms with Crippen molar-refractivity contribution in [3.8, 4) is 5.75 Å². The number of hydrogen-bond donors (Lipinski definition) is 2. The first-order valence-electron chi connectivity index (χ1n) is 6.70. The average molecular weight is 301 g/mol. The van der Waals surface area contributed by atoms with E-state index < -0.39 is 0 Å². The van der Waals surface area contributed by atoms with Crippen molar-refractivity contribution in [2.75, 3.05) is 13.6 Å². The Morgan fingerprint density at radius 2 is 2.05 bits per heavy atom. The van der Waals surface area contributed by atoms with Gasteiger partial charge in [0.2, 0.25) is 5.91 Å². The minimum Gasteiger partial charge on any atom is -0.491 e. The molecule has 0 bridgehead atoms. The number of carbonyl (C=O) groups excluding carboxylic acids is 1. The van der Waals surface area contributed by atoms with E-state index in [-0.39, 0.29) is 24.4 Å².